The first kappa shape index (κ1) is 10.7. The molecule has 0 bridgehead atoms. The Kier molecular flexibility index (Phi) is 3.40. The second kappa shape index (κ2) is 4.78. The molecule has 0 amide bonds. The number of nitrogens with zero attached hydrogens (tertiary/aromatic N) is 3. The Morgan fingerprint density at radius 2 is 2.20 bits per heavy atom. The van der Waals surface area contributed by atoms with Crippen LogP contribution in [-0.2, 0) is 0 Å². The van der Waals surface area contributed by atoms with E-state index in [1.165, 1.54) is 19.0 Å². The highest BCUT2D eigenvalue weighted by atomic mass is 127. The number of nitrogens with two attached hydrogens (primary N) is 1. The molecule has 0 radical (unpaired) electrons. The van der Waals surface area contributed by atoms with Crippen molar-refractivity contribution in [2.45, 2.75) is 12.8 Å². The van der Waals surface area contributed by atoms with Crippen LogP contribution in [-0.4, -0.2) is 23.1 Å². The van der Waals surface area contributed by atoms with E-state index in [-0.39, 0.29) is 0 Å². The van der Waals surface area contributed by atoms with Crippen molar-refractivity contribution in [3.8, 4) is 0 Å². The van der Waals surface area contributed by atoms with Crippen molar-refractivity contribution in [3.63, 3.8) is 0 Å². The molecule has 4 nitrogen and oxygen atoms in total. The van der Waals surface area contributed by atoms with Crippen LogP contribution in [0.15, 0.2) is 18.5 Å². The minimum absolute atomic E-state index is 0.711. The summed E-state index contributed by atoms with van der Waals surface area (Å²) in [5, 5.41) is 0. The highest BCUT2D eigenvalue weighted by molar-refractivity contribution is 14.1. The van der Waals surface area contributed by atoms with Gasteiger partial charge in [0, 0.05) is 25.5 Å². The van der Waals surface area contributed by atoms with Gasteiger partial charge >= 0.3 is 0 Å². The summed E-state index contributed by atoms with van der Waals surface area (Å²) < 4.78 is 0.883. The third-order valence-corrected chi connectivity index (χ3v) is 3.27. The topological polar surface area (TPSA) is 55.0 Å². The van der Waals surface area contributed by atoms with Crippen molar-refractivity contribution in [2.75, 3.05) is 18.0 Å². The largest absolute Gasteiger partial charge is 0.404 e. The fraction of sp³-hybridized carbons (Fsp3) is 0.400. The molecule has 1 fully saturated rings. The first-order valence-electron chi connectivity index (χ1n) is 4.97. The zero-order valence-electron chi connectivity index (χ0n) is 8.36. The molecule has 1 saturated heterocycles. The number of aromatic nitrogens is 2. The number of anilines is 1. The zero-order valence-corrected chi connectivity index (χ0v) is 10.5. The van der Waals surface area contributed by atoms with Crippen LogP contribution >= 0.6 is 22.6 Å². The fourth-order valence-corrected chi connectivity index (χ4v) is 1.92. The minimum Gasteiger partial charge on any atom is -0.404 e. The Labute approximate surface area is 103 Å². The van der Waals surface area contributed by atoms with Crippen molar-refractivity contribution in [3.05, 3.63) is 24.3 Å². The summed E-state index contributed by atoms with van der Waals surface area (Å²) in [7, 11) is 0. The van der Waals surface area contributed by atoms with Gasteiger partial charge in [0.05, 0.1) is 3.58 Å². The van der Waals surface area contributed by atoms with Crippen LogP contribution in [0.4, 0.5) is 5.82 Å². The molecule has 0 aliphatic carbocycles. The molecule has 5 heteroatoms. The highest BCUT2D eigenvalue weighted by Crippen LogP contribution is 2.21. The van der Waals surface area contributed by atoms with Crippen molar-refractivity contribution in [1.29, 1.82) is 0 Å². The van der Waals surface area contributed by atoms with Crippen LogP contribution in [0.3, 0.4) is 0 Å². The van der Waals surface area contributed by atoms with Gasteiger partial charge in [-0.05, 0) is 41.5 Å². The minimum atomic E-state index is 0.711. The lowest BCUT2D eigenvalue weighted by Gasteiger charge is -2.16. The van der Waals surface area contributed by atoms with Crippen LogP contribution < -0.4 is 10.6 Å². The van der Waals surface area contributed by atoms with Crippen molar-refractivity contribution >= 4 is 32.0 Å². The van der Waals surface area contributed by atoms with Crippen LogP contribution in [0.5, 0.6) is 0 Å². The summed E-state index contributed by atoms with van der Waals surface area (Å²) >= 11 is 2.14. The van der Waals surface area contributed by atoms with E-state index in [1.54, 1.807) is 6.20 Å². The standard InChI is InChI=1S/C10H13IN4/c11-8(7-12)10-13-4-3-9(14-10)15-5-1-2-6-15/h3-4,7H,1-2,5-6,12H2. The molecule has 0 aromatic carbocycles. The predicted molar refractivity (Wildman–Crippen MR) is 69.7 cm³/mol. The van der Waals surface area contributed by atoms with Gasteiger partial charge in [-0.15, -0.1) is 0 Å². The molecule has 80 valence electrons. The van der Waals surface area contributed by atoms with Crippen molar-refractivity contribution in [1.82, 2.24) is 9.97 Å². The van der Waals surface area contributed by atoms with E-state index in [0.29, 0.717) is 5.82 Å². The van der Waals surface area contributed by atoms with Crippen LogP contribution in [0.2, 0.25) is 0 Å². The summed E-state index contributed by atoms with van der Waals surface area (Å²) in [6, 6.07) is 1.95. The van der Waals surface area contributed by atoms with E-state index >= 15 is 0 Å². The molecule has 15 heavy (non-hydrogen) atoms. The number of halogens is 1. The van der Waals surface area contributed by atoms with Crippen molar-refractivity contribution < 1.29 is 0 Å². The van der Waals surface area contributed by atoms with E-state index in [0.717, 1.165) is 22.5 Å². The Hall–Kier alpha value is -0.850. The molecular formula is C10H13IN4. The van der Waals surface area contributed by atoms with Crippen LogP contribution in [0, 0.1) is 0 Å². The lowest BCUT2D eigenvalue weighted by molar-refractivity contribution is 0.923. The smallest absolute Gasteiger partial charge is 0.169 e. The van der Waals surface area contributed by atoms with Gasteiger partial charge in [0.15, 0.2) is 5.82 Å². The first-order chi connectivity index (χ1) is 7.31. The maximum absolute atomic E-state index is 5.44. The Bertz CT molecular complexity index is 371. The van der Waals surface area contributed by atoms with Gasteiger partial charge in [0.25, 0.3) is 0 Å². The summed E-state index contributed by atoms with van der Waals surface area (Å²) in [5.74, 6) is 1.72. The molecule has 2 rings (SSSR count). The Morgan fingerprint density at radius 3 is 2.87 bits per heavy atom. The van der Waals surface area contributed by atoms with Gasteiger partial charge in [-0.25, -0.2) is 9.97 Å². The average Bonchev–Trinajstić information content (AvgIpc) is 2.82. The van der Waals surface area contributed by atoms with Crippen molar-refractivity contribution in [2.24, 2.45) is 5.73 Å². The van der Waals surface area contributed by atoms with Gasteiger partial charge in [-0.1, -0.05) is 0 Å². The molecule has 0 atom stereocenters. The Morgan fingerprint density at radius 1 is 1.47 bits per heavy atom. The van der Waals surface area contributed by atoms with E-state index in [4.69, 9.17) is 5.73 Å². The second-order valence-corrected chi connectivity index (χ2v) is 4.61. The molecular weight excluding hydrogens is 303 g/mol. The van der Waals surface area contributed by atoms with E-state index < -0.39 is 0 Å². The highest BCUT2D eigenvalue weighted by Gasteiger charge is 2.14. The number of hydrogen-bond acceptors (Lipinski definition) is 4. The van der Waals surface area contributed by atoms with Gasteiger partial charge < -0.3 is 10.6 Å². The van der Waals surface area contributed by atoms with Gasteiger partial charge in [-0.2, -0.15) is 0 Å². The quantitative estimate of drug-likeness (QED) is 0.845. The van der Waals surface area contributed by atoms with Crippen LogP contribution in [0.1, 0.15) is 18.7 Å². The molecule has 0 saturated carbocycles. The second-order valence-electron chi connectivity index (χ2n) is 3.45. The molecule has 2 heterocycles. The molecule has 2 N–H and O–H groups in total. The normalized spacial score (nSPS) is 17.1. The Balaban J connectivity index is 2.25. The van der Waals surface area contributed by atoms with Gasteiger partial charge in [0.2, 0.25) is 0 Å². The molecule has 1 aromatic heterocycles. The average molecular weight is 316 g/mol. The third-order valence-electron chi connectivity index (χ3n) is 2.43. The van der Waals surface area contributed by atoms with Gasteiger partial charge in [-0.3, -0.25) is 0 Å². The summed E-state index contributed by atoms with van der Waals surface area (Å²) in [4.78, 5) is 11.0. The summed E-state index contributed by atoms with van der Waals surface area (Å²) in [5.41, 5.74) is 5.44. The predicted octanol–water partition coefficient (Wildman–Crippen LogP) is 1.77. The third kappa shape index (κ3) is 2.39. The molecule has 0 spiro atoms. The summed E-state index contributed by atoms with van der Waals surface area (Å²) in [6.45, 7) is 2.19. The molecule has 1 aromatic rings. The van der Waals surface area contributed by atoms with Gasteiger partial charge in [0.1, 0.15) is 5.82 Å². The van der Waals surface area contributed by atoms with Crippen LogP contribution in [0.25, 0.3) is 3.58 Å². The lowest BCUT2D eigenvalue weighted by Crippen LogP contribution is -2.19. The fourth-order valence-electron chi connectivity index (χ4n) is 1.66. The van der Waals surface area contributed by atoms with E-state index in [2.05, 4.69) is 37.5 Å². The number of rotatable bonds is 2. The van der Waals surface area contributed by atoms with E-state index in [9.17, 15) is 0 Å². The number of hydrogen-bond donors (Lipinski definition) is 1. The SMILES string of the molecule is NC=C(I)c1nccc(N2CCCC2)n1. The molecule has 1 aliphatic heterocycles. The zero-order chi connectivity index (χ0) is 10.7. The lowest BCUT2D eigenvalue weighted by atomic mass is 10.4. The molecule has 0 unspecified atom stereocenters. The monoisotopic (exact) mass is 316 g/mol. The summed E-state index contributed by atoms with van der Waals surface area (Å²) in [6.07, 6.45) is 5.83. The van der Waals surface area contributed by atoms with E-state index in [1.807, 2.05) is 6.07 Å². The molecule has 1 aliphatic rings. The first-order valence-corrected chi connectivity index (χ1v) is 6.05. The maximum atomic E-state index is 5.44. The maximum Gasteiger partial charge on any atom is 0.169 e.